The molecule has 1 saturated carbocycles. The first kappa shape index (κ1) is 35.1. The molecule has 16 heteroatoms. The van der Waals surface area contributed by atoms with Crippen molar-refractivity contribution in [2.75, 3.05) is 19.1 Å². The van der Waals surface area contributed by atoms with E-state index < -0.39 is 74.7 Å². The highest BCUT2D eigenvalue weighted by Gasteiger charge is 2.76. The van der Waals surface area contributed by atoms with Crippen molar-refractivity contribution in [2.45, 2.75) is 41.3 Å². The number of carbonyl (C=O) groups excluding carboxylic acids is 4. The highest BCUT2D eigenvalue weighted by Crippen LogP contribution is 2.66. The second-order valence-corrected chi connectivity index (χ2v) is 14.7. The van der Waals surface area contributed by atoms with Crippen molar-refractivity contribution >= 4 is 64.2 Å². The standard InChI is InChI=1S/C35H28Cl3F3N4O6/c1-43-31(49)33(37)15-22-19(27(34(33,38)32(43)50)20-9-8-18(14-24(20)46)51-16-17-6-4-3-5-7-17)10-11-21-26(22)30(48)45(29(21)47)44(2)28-23(36)12-13-25(42-28)35(39,40)41/h3-10,12-14,21-22,26-27,46H,11,15-16H2,1-2H3. The van der Waals surface area contributed by atoms with Crippen LogP contribution in [0.4, 0.5) is 19.0 Å². The maximum absolute atomic E-state index is 14.3. The number of imide groups is 2. The third-order valence-electron chi connectivity index (χ3n) is 10.3. The van der Waals surface area contributed by atoms with E-state index in [9.17, 15) is 37.5 Å². The molecule has 6 atom stereocenters. The molecule has 4 aliphatic rings. The average Bonchev–Trinajstić information content (AvgIpc) is 3.42. The molecule has 0 radical (unpaired) electrons. The van der Waals surface area contributed by atoms with Gasteiger partial charge in [0.1, 0.15) is 23.8 Å². The first-order valence-corrected chi connectivity index (χ1v) is 16.9. The van der Waals surface area contributed by atoms with Gasteiger partial charge < -0.3 is 9.84 Å². The molecule has 51 heavy (non-hydrogen) atoms. The van der Waals surface area contributed by atoms with Gasteiger partial charge in [-0.25, -0.2) is 4.98 Å². The fraction of sp³-hybridized carbons (Fsp3) is 0.343. The fourth-order valence-electron chi connectivity index (χ4n) is 7.88. The lowest BCUT2D eigenvalue weighted by atomic mass is 9.56. The number of hydrogen-bond acceptors (Lipinski definition) is 8. The van der Waals surface area contributed by atoms with Gasteiger partial charge in [-0.1, -0.05) is 59.6 Å². The van der Waals surface area contributed by atoms with Crippen molar-refractivity contribution in [2.24, 2.45) is 17.8 Å². The van der Waals surface area contributed by atoms with Gasteiger partial charge in [-0.15, -0.1) is 23.2 Å². The Bertz CT molecular complexity index is 2030. The number of likely N-dealkylation sites (tertiary alicyclic amines) is 1. The molecule has 3 fully saturated rings. The third kappa shape index (κ3) is 5.18. The van der Waals surface area contributed by atoms with Crippen molar-refractivity contribution < 1.29 is 42.2 Å². The van der Waals surface area contributed by atoms with Crippen LogP contribution in [0.5, 0.6) is 11.5 Å². The number of hydrazine groups is 1. The molecule has 10 nitrogen and oxygen atoms in total. The van der Waals surface area contributed by atoms with Crippen molar-refractivity contribution in [3.63, 3.8) is 0 Å². The summed E-state index contributed by atoms with van der Waals surface area (Å²) in [6.07, 6.45) is -3.52. The summed E-state index contributed by atoms with van der Waals surface area (Å²) < 4.78 is 46.5. The van der Waals surface area contributed by atoms with Crippen LogP contribution < -0.4 is 9.75 Å². The van der Waals surface area contributed by atoms with Gasteiger partial charge in [-0.3, -0.25) is 29.1 Å². The van der Waals surface area contributed by atoms with E-state index in [1.165, 1.54) is 26.2 Å². The van der Waals surface area contributed by atoms with Gasteiger partial charge in [-0.2, -0.15) is 18.2 Å². The highest BCUT2D eigenvalue weighted by molar-refractivity contribution is 6.53. The molecule has 4 amide bonds. The maximum atomic E-state index is 14.3. The first-order chi connectivity index (χ1) is 24.0. The van der Waals surface area contributed by atoms with Gasteiger partial charge in [0, 0.05) is 31.6 Å². The van der Waals surface area contributed by atoms with Gasteiger partial charge in [0.2, 0.25) is 0 Å². The Kier molecular flexibility index (Phi) is 8.35. The molecule has 2 aliphatic carbocycles. The highest BCUT2D eigenvalue weighted by atomic mass is 35.5. The molecule has 1 aromatic heterocycles. The van der Waals surface area contributed by atoms with Crippen LogP contribution in [-0.2, 0) is 32.0 Å². The SMILES string of the molecule is CN1C(=O)C2(Cl)CC3C(=CCC4C(=O)N(N(C)c5nc(C(F)(F)F)ccc5Cl)C(=O)C43)C(c3ccc(OCc4ccccc4)cc3O)C2(Cl)C1=O. The summed E-state index contributed by atoms with van der Waals surface area (Å²) in [6, 6.07) is 15.4. The Morgan fingerprint density at radius 3 is 2.37 bits per heavy atom. The normalized spacial score (nSPS) is 28.7. The summed E-state index contributed by atoms with van der Waals surface area (Å²) in [7, 11) is 2.43. The average molecular weight is 764 g/mol. The largest absolute Gasteiger partial charge is 0.508 e. The Balaban J connectivity index is 1.28. The number of allylic oxidation sites excluding steroid dienone is 2. The van der Waals surface area contributed by atoms with E-state index in [2.05, 4.69) is 4.98 Å². The number of fused-ring (bicyclic) bond motifs is 4. The van der Waals surface area contributed by atoms with Crippen LogP contribution in [-0.4, -0.2) is 67.5 Å². The number of anilines is 1. The molecule has 266 valence electrons. The minimum absolute atomic E-state index is 0.0229. The van der Waals surface area contributed by atoms with E-state index in [0.29, 0.717) is 22.4 Å². The quantitative estimate of drug-likeness (QED) is 0.182. The number of ether oxygens (including phenoxy) is 1. The lowest BCUT2D eigenvalue weighted by Gasteiger charge is -2.50. The van der Waals surface area contributed by atoms with Crippen LogP contribution in [0.2, 0.25) is 5.02 Å². The summed E-state index contributed by atoms with van der Waals surface area (Å²) in [6.45, 7) is 0.198. The Hall–Kier alpha value is -4.33. The zero-order chi connectivity index (χ0) is 36.8. The molecule has 7 rings (SSSR count). The second kappa shape index (κ2) is 12.1. The number of amides is 4. The van der Waals surface area contributed by atoms with Crippen molar-refractivity contribution in [1.82, 2.24) is 14.9 Å². The summed E-state index contributed by atoms with van der Waals surface area (Å²) in [4.78, 5) is 55.9. The number of hydrogen-bond donors (Lipinski definition) is 1. The van der Waals surface area contributed by atoms with Crippen molar-refractivity contribution in [3.8, 4) is 11.5 Å². The number of pyridine rings is 1. The summed E-state index contributed by atoms with van der Waals surface area (Å²) in [5.41, 5.74) is 0.146. The number of aromatic nitrogens is 1. The smallest absolute Gasteiger partial charge is 0.433 e. The predicted molar refractivity (Wildman–Crippen MR) is 179 cm³/mol. The lowest BCUT2D eigenvalue weighted by Crippen LogP contribution is -2.60. The zero-order valence-electron chi connectivity index (χ0n) is 26.8. The first-order valence-electron chi connectivity index (χ1n) is 15.8. The van der Waals surface area contributed by atoms with Crippen LogP contribution in [0.3, 0.4) is 0 Å². The number of nitrogens with zero attached hydrogens (tertiary/aromatic N) is 4. The Morgan fingerprint density at radius 1 is 1.00 bits per heavy atom. The minimum atomic E-state index is -4.83. The van der Waals surface area contributed by atoms with Gasteiger partial charge in [-0.05, 0) is 42.5 Å². The minimum Gasteiger partial charge on any atom is -0.508 e. The molecule has 2 aromatic carbocycles. The van der Waals surface area contributed by atoms with Crippen LogP contribution in [0.1, 0.15) is 35.6 Å². The molecule has 3 heterocycles. The third-order valence-corrected chi connectivity index (χ3v) is 12.0. The van der Waals surface area contributed by atoms with E-state index in [0.717, 1.165) is 21.5 Å². The number of alkyl halides is 5. The van der Waals surface area contributed by atoms with E-state index in [1.807, 2.05) is 30.3 Å². The molecule has 2 saturated heterocycles. The summed E-state index contributed by atoms with van der Waals surface area (Å²) in [5, 5.41) is 12.8. The Labute approximate surface area is 304 Å². The molecule has 1 N–H and O–H groups in total. The van der Waals surface area contributed by atoms with Crippen LogP contribution in [0.25, 0.3) is 0 Å². The molecule has 3 aromatic rings. The number of aromatic hydroxyl groups is 1. The number of carbonyl (C=O) groups is 4. The number of rotatable bonds is 6. The van der Waals surface area contributed by atoms with Crippen LogP contribution in [0, 0.1) is 17.8 Å². The maximum Gasteiger partial charge on any atom is 0.433 e. The lowest BCUT2D eigenvalue weighted by molar-refractivity contribution is -0.141. The van der Waals surface area contributed by atoms with Crippen molar-refractivity contribution in [3.05, 3.63) is 94.2 Å². The molecular formula is C35H28Cl3F3N4O6. The zero-order valence-corrected chi connectivity index (χ0v) is 29.1. The predicted octanol–water partition coefficient (Wildman–Crippen LogP) is 6.08. The van der Waals surface area contributed by atoms with Gasteiger partial charge in [0.15, 0.2) is 15.6 Å². The topological polar surface area (TPSA) is 120 Å². The van der Waals surface area contributed by atoms with Gasteiger partial charge in [0.05, 0.1) is 16.9 Å². The molecular weight excluding hydrogens is 736 g/mol. The van der Waals surface area contributed by atoms with Gasteiger partial charge in [0.25, 0.3) is 23.6 Å². The monoisotopic (exact) mass is 762 g/mol. The fourth-order valence-corrected chi connectivity index (χ4v) is 9.12. The summed E-state index contributed by atoms with van der Waals surface area (Å²) in [5.74, 6) is -7.99. The van der Waals surface area contributed by atoms with E-state index >= 15 is 0 Å². The van der Waals surface area contributed by atoms with Crippen LogP contribution in [0.15, 0.2) is 72.3 Å². The number of phenols is 1. The van der Waals surface area contributed by atoms with E-state index in [-0.39, 0.29) is 35.8 Å². The molecule has 6 unspecified atom stereocenters. The number of phenolic OH excluding ortho intramolecular Hbond substituents is 1. The number of halogens is 6. The molecule has 0 bridgehead atoms. The van der Waals surface area contributed by atoms with E-state index in [4.69, 9.17) is 39.5 Å². The van der Waals surface area contributed by atoms with Crippen LogP contribution >= 0.6 is 34.8 Å². The van der Waals surface area contributed by atoms with Crippen molar-refractivity contribution in [1.29, 1.82) is 0 Å². The summed E-state index contributed by atoms with van der Waals surface area (Å²) >= 11 is 20.6. The second-order valence-electron chi connectivity index (χ2n) is 13.0. The molecule has 2 aliphatic heterocycles. The van der Waals surface area contributed by atoms with Gasteiger partial charge >= 0.3 is 6.18 Å². The number of benzene rings is 2. The Morgan fingerprint density at radius 2 is 1.71 bits per heavy atom. The molecule has 0 spiro atoms. The van der Waals surface area contributed by atoms with E-state index in [1.54, 1.807) is 12.1 Å².